The number of hydrogen-bond donors (Lipinski definition) is 1. The van der Waals surface area contributed by atoms with Crippen LogP contribution >= 0.6 is 34.5 Å². The summed E-state index contributed by atoms with van der Waals surface area (Å²) in [4.78, 5) is 26.5. The van der Waals surface area contributed by atoms with E-state index in [9.17, 15) is 9.59 Å². The summed E-state index contributed by atoms with van der Waals surface area (Å²) in [6, 6.07) is 9.04. The molecular weight excluding hydrogens is 405 g/mol. The van der Waals surface area contributed by atoms with Crippen molar-refractivity contribution in [3.8, 4) is 0 Å². The molecule has 0 radical (unpaired) electrons. The number of rotatable bonds is 6. The molecule has 3 aromatic rings. The van der Waals surface area contributed by atoms with Crippen LogP contribution in [0.2, 0.25) is 8.67 Å². The fourth-order valence-corrected chi connectivity index (χ4v) is 4.39. The lowest BCUT2D eigenvalue weighted by Gasteiger charge is -2.19. The van der Waals surface area contributed by atoms with Gasteiger partial charge < -0.3 is 14.8 Å². The zero-order valence-electron chi connectivity index (χ0n) is 15.0. The molecule has 0 aliphatic carbocycles. The van der Waals surface area contributed by atoms with Crippen molar-refractivity contribution < 1.29 is 9.59 Å². The van der Waals surface area contributed by atoms with Crippen LogP contribution in [0.1, 0.15) is 24.2 Å². The van der Waals surface area contributed by atoms with E-state index in [1.54, 1.807) is 17.0 Å². The van der Waals surface area contributed by atoms with Gasteiger partial charge in [-0.2, -0.15) is 0 Å². The van der Waals surface area contributed by atoms with Crippen molar-refractivity contribution in [2.75, 3.05) is 18.4 Å². The zero-order valence-corrected chi connectivity index (χ0v) is 17.3. The molecule has 2 amide bonds. The standard InChI is InChI=1S/C19H19Cl2N3O2S/c1-3-23(4-2)17(25)11-24-8-7-12-9-13(5-6-15(12)24)22-19(26)14-10-16(20)27-18(14)21/h5-10H,3-4,11H2,1-2H3,(H,22,26). The van der Waals surface area contributed by atoms with E-state index in [4.69, 9.17) is 23.2 Å². The van der Waals surface area contributed by atoms with E-state index < -0.39 is 0 Å². The Kier molecular flexibility index (Phi) is 6.09. The minimum absolute atomic E-state index is 0.0823. The number of thiophene rings is 1. The van der Waals surface area contributed by atoms with Crippen LogP contribution in [-0.4, -0.2) is 34.4 Å². The molecular formula is C19H19Cl2N3O2S. The number of likely N-dealkylation sites (N-methyl/N-ethyl adjacent to an activating group) is 1. The van der Waals surface area contributed by atoms with Crippen LogP contribution in [0.4, 0.5) is 5.69 Å². The van der Waals surface area contributed by atoms with Gasteiger partial charge in [0.2, 0.25) is 5.91 Å². The van der Waals surface area contributed by atoms with Gasteiger partial charge in [-0.25, -0.2) is 0 Å². The molecule has 0 bridgehead atoms. The first-order chi connectivity index (χ1) is 12.9. The third-order valence-electron chi connectivity index (χ3n) is 4.35. The minimum Gasteiger partial charge on any atom is -0.342 e. The van der Waals surface area contributed by atoms with Crippen LogP contribution in [0.25, 0.3) is 10.9 Å². The predicted octanol–water partition coefficient (Wildman–Crippen LogP) is 5.13. The maximum Gasteiger partial charge on any atom is 0.258 e. The minimum atomic E-state index is -0.307. The molecule has 3 rings (SSSR count). The molecule has 5 nitrogen and oxygen atoms in total. The van der Waals surface area contributed by atoms with E-state index in [2.05, 4.69) is 5.32 Å². The lowest BCUT2D eigenvalue weighted by molar-refractivity contribution is -0.131. The second-order valence-electron chi connectivity index (χ2n) is 5.98. The molecule has 2 aromatic heterocycles. The molecule has 0 saturated heterocycles. The van der Waals surface area contributed by atoms with Gasteiger partial charge in [-0.3, -0.25) is 9.59 Å². The second kappa shape index (κ2) is 8.33. The first kappa shape index (κ1) is 19.7. The van der Waals surface area contributed by atoms with Gasteiger partial charge in [0.1, 0.15) is 10.9 Å². The summed E-state index contributed by atoms with van der Waals surface area (Å²) in [5.41, 5.74) is 1.94. The number of anilines is 1. The van der Waals surface area contributed by atoms with Crippen LogP contribution in [0.3, 0.4) is 0 Å². The molecule has 0 saturated carbocycles. The number of carbonyl (C=O) groups is 2. The van der Waals surface area contributed by atoms with Crippen molar-refractivity contribution in [3.05, 3.63) is 50.8 Å². The maximum atomic E-state index is 12.4. The molecule has 0 fully saturated rings. The molecule has 27 heavy (non-hydrogen) atoms. The lowest BCUT2D eigenvalue weighted by Crippen LogP contribution is -2.33. The Bertz CT molecular complexity index is 992. The summed E-state index contributed by atoms with van der Waals surface area (Å²) in [7, 11) is 0. The molecule has 0 aliphatic heterocycles. The predicted molar refractivity (Wildman–Crippen MR) is 112 cm³/mol. The van der Waals surface area contributed by atoms with Crippen molar-refractivity contribution >= 4 is 62.9 Å². The normalized spacial score (nSPS) is 11.0. The smallest absolute Gasteiger partial charge is 0.258 e. The molecule has 1 N–H and O–H groups in total. The fraction of sp³-hybridized carbons (Fsp3) is 0.263. The quantitative estimate of drug-likeness (QED) is 0.597. The largest absolute Gasteiger partial charge is 0.342 e. The molecule has 0 atom stereocenters. The number of fused-ring (bicyclic) bond motifs is 1. The van der Waals surface area contributed by atoms with Crippen LogP contribution in [0.5, 0.6) is 0 Å². The van der Waals surface area contributed by atoms with Crippen LogP contribution in [-0.2, 0) is 11.3 Å². The fourth-order valence-electron chi connectivity index (χ4n) is 2.93. The van der Waals surface area contributed by atoms with Crippen LogP contribution < -0.4 is 5.32 Å². The molecule has 0 aliphatic rings. The van der Waals surface area contributed by atoms with Gasteiger partial charge in [0, 0.05) is 35.9 Å². The summed E-state index contributed by atoms with van der Waals surface area (Å²) in [6.45, 7) is 5.62. The molecule has 0 spiro atoms. The van der Waals surface area contributed by atoms with E-state index in [0.29, 0.717) is 39.6 Å². The molecule has 142 valence electrons. The zero-order chi connectivity index (χ0) is 19.6. The van der Waals surface area contributed by atoms with Gasteiger partial charge in [0.05, 0.1) is 9.90 Å². The van der Waals surface area contributed by atoms with Crippen LogP contribution in [0, 0.1) is 0 Å². The van der Waals surface area contributed by atoms with Crippen LogP contribution in [0.15, 0.2) is 36.5 Å². The highest BCUT2D eigenvalue weighted by molar-refractivity contribution is 7.20. The number of nitrogens with zero attached hydrogens (tertiary/aromatic N) is 2. The Morgan fingerprint density at radius 1 is 1.15 bits per heavy atom. The van der Waals surface area contributed by atoms with E-state index in [1.165, 1.54) is 0 Å². The number of halogens is 2. The molecule has 1 aromatic carbocycles. The van der Waals surface area contributed by atoms with Gasteiger partial charge in [-0.05, 0) is 44.2 Å². The topological polar surface area (TPSA) is 54.3 Å². The Hall–Kier alpha value is -2.02. The summed E-state index contributed by atoms with van der Waals surface area (Å²) < 4.78 is 2.74. The highest BCUT2D eigenvalue weighted by Gasteiger charge is 2.15. The van der Waals surface area contributed by atoms with Crippen molar-refractivity contribution in [2.24, 2.45) is 0 Å². The Labute approximate surface area is 171 Å². The third kappa shape index (κ3) is 4.29. The number of benzene rings is 1. The maximum absolute atomic E-state index is 12.4. The number of amides is 2. The van der Waals surface area contributed by atoms with Gasteiger partial charge in [-0.15, -0.1) is 11.3 Å². The SMILES string of the molecule is CCN(CC)C(=O)Cn1ccc2cc(NC(=O)c3cc(Cl)sc3Cl)ccc21. The average Bonchev–Trinajstić information content (AvgIpc) is 3.18. The van der Waals surface area contributed by atoms with Crippen molar-refractivity contribution in [2.45, 2.75) is 20.4 Å². The van der Waals surface area contributed by atoms with E-state index in [0.717, 1.165) is 22.2 Å². The van der Waals surface area contributed by atoms with Crippen molar-refractivity contribution in [1.82, 2.24) is 9.47 Å². The summed E-state index contributed by atoms with van der Waals surface area (Å²) >= 11 is 13.1. The average molecular weight is 424 g/mol. The second-order valence-corrected chi connectivity index (χ2v) is 8.26. The Balaban J connectivity index is 1.78. The summed E-state index contributed by atoms with van der Waals surface area (Å²) in [6.07, 6.45) is 1.88. The molecule has 2 heterocycles. The number of aromatic nitrogens is 1. The molecule has 0 unspecified atom stereocenters. The van der Waals surface area contributed by atoms with Gasteiger partial charge in [0.25, 0.3) is 5.91 Å². The van der Waals surface area contributed by atoms with E-state index in [-0.39, 0.29) is 11.8 Å². The Morgan fingerprint density at radius 2 is 1.89 bits per heavy atom. The van der Waals surface area contributed by atoms with Gasteiger partial charge >= 0.3 is 0 Å². The summed E-state index contributed by atoms with van der Waals surface area (Å²) in [5.74, 6) is -0.225. The van der Waals surface area contributed by atoms with E-state index in [1.807, 2.05) is 42.8 Å². The highest BCUT2D eigenvalue weighted by Crippen LogP contribution is 2.32. The lowest BCUT2D eigenvalue weighted by atomic mass is 10.2. The number of hydrogen-bond acceptors (Lipinski definition) is 3. The van der Waals surface area contributed by atoms with Crippen molar-refractivity contribution in [1.29, 1.82) is 0 Å². The van der Waals surface area contributed by atoms with E-state index >= 15 is 0 Å². The first-order valence-corrected chi connectivity index (χ1v) is 10.1. The highest BCUT2D eigenvalue weighted by atomic mass is 35.5. The van der Waals surface area contributed by atoms with Gasteiger partial charge in [-0.1, -0.05) is 23.2 Å². The monoisotopic (exact) mass is 423 g/mol. The number of carbonyl (C=O) groups excluding carboxylic acids is 2. The first-order valence-electron chi connectivity index (χ1n) is 8.55. The molecule has 8 heteroatoms. The Morgan fingerprint density at radius 3 is 2.52 bits per heavy atom. The number of nitrogens with one attached hydrogen (secondary N) is 1. The summed E-state index contributed by atoms with van der Waals surface area (Å²) in [5, 5.41) is 3.77. The van der Waals surface area contributed by atoms with Gasteiger partial charge in [0.15, 0.2) is 0 Å². The van der Waals surface area contributed by atoms with Crippen molar-refractivity contribution in [3.63, 3.8) is 0 Å². The third-order valence-corrected chi connectivity index (χ3v) is 5.84.